The molecule has 0 radical (unpaired) electrons. The second kappa shape index (κ2) is 5.45. The van der Waals surface area contributed by atoms with Gasteiger partial charge in [-0.05, 0) is 48.5 Å². The fraction of sp³-hybridized carbons (Fsp3) is 0.0714. The van der Waals surface area contributed by atoms with Crippen molar-refractivity contribution in [3.63, 3.8) is 0 Å². The first-order chi connectivity index (χ1) is 10.1. The Labute approximate surface area is 124 Å². The van der Waals surface area contributed by atoms with Gasteiger partial charge in [-0.3, -0.25) is 0 Å². The Morgan fingerprint density at radius 2 is 1.36 bits per heavy atom. The second-order valence-electron chi connectivity index (χ2n) is 4.41. The van der Waals surface area contributed by atoms with Crippen molar-refractivity contribution in [2.24, 2.45) is 0 Å². The normalized spacial score (nSPS) is 14.3. The van der Waals surface area contributed by atoms with E-state index in [0.717, 1.165) is 24.3 Å². The van der Waals surface area contributed by atoms with E-state index in [1.165, 1.54) is 24.3 Å². The first-order valence-electron chi connectivity index (χ1n) is 5.92. The SMILES string of the molecule is N=S(=O)(c1ccc(C(=O)O)cc1)c1ccc(C(F)(F)F)cc1. The highest BCUT2D eigenvalue weighted by atomic mass is 32.2. The average Bonchev–Trinajstić information content (AvgIpc) is 2.46. The zero-order valence-electron chi connectivity index (χ0n) is 10.9. The zero-order chi connectivity index (χ0) is 16.5. The number of benzene rings is 2. The Hall–Kier alpha value is -2.35. The summed E-state index contributed by atoms with van der Waals surface area (Å²) in [6.07, 6.45) is -4.51. The van der Waals surface area contributed by atoms with Crippen molar-refractivity contribution in [1.82, 2.24) is 0 Å². The number of aromatic carboxylic acids is 1. The van der Waals surface area contributed by atoms with Gasteiger partial charge in [0.2, 0.25) is 0 Å². The van der Waals surface area contributed by atoms with Crippen LogP contribution >= 0.6 is 0 Å². The van der Waals surface area contributed by atoms with E-state index in [1.807, 2.05) is 0 Å². The largest absolute Gasteiger partial charge is 0.478 e. The van der Waals surface area contributed by atoms with Crippen molar-refractivity contribution < 1.29 is 27.3 Å². The number of halogens is 3. The number of nitrogens with one attached hydrogen (secondary N) is 1. The molecule has 0 spiro atoms. The highest BCUT2D eigenvalue weighted by Crippen LogP contribution is 2.31. The molecule has 0 aromatic heterocycles. The Bertz CT molecular complexity index is 795. The van der Waals surface area contributed by atoms with Gasteiger partial charge >= 0.3 is 12.1 Å². The molecule has 0 heterocycles. The van der Waals surface area contributed by atoms with Crippen LogP contribution in [0.2, 0.25) is 0 Å². The molecule has 0 saturated carbocycles. The van der Waals surface area contributed by atoms with E-state index in [2.05, 4.69) is 0 Å². The lowest BCUT2D eigenvalue weighted by Gasteiger charge is -2.10. The molecule has 116 valence electrons. The van der Waals surface area contributed by atoms with Gasteiger partial charge in [0.05, 0.1) is 20.9 Å². The standard InChI is InChI=1S/C14H10F3NO3S/c15-14(16,17)10-3-7-12(8-4-10)22(18,21)11-5-1-9(2-6-11)13(19)20/h1-8,18H,(H,19,20). The minimum absolute atomic E-state index is 0.0252. The third kappa shape index (κ3) is 3.11. The molecule has 0 bridgehead atoms. The third-order valence-corrected chi connectivity index (χ3v) is 4.82. The van der Waals surface area contributed by atoms with Crippen LogP contribution in [0.25, 0.3) is 0 Å². The fourth-order valence-electron chi connectivity index (χ4n) is 1.76. The minimum Gasteiger partial charge on any atom is -0.478 e. The van der Waals surface area contributed by atoms with Crippen LogP contribution < -0.4 is 0 Å². The van der Waals surface area contributed by atoms with E-state index in [0.29, 0.717) is 0 Å². The lowest BCUT2D eigenvalue weighted by Crippen LogP contribution is -2.06. The Morgan fingerprint density at radius 1 is 0.955 bits per heavy atom. The van der Waals surface area contributed by atoms with Crippen molar-refractivity contribution in [3.8, 4) is 0 Å². The van der Waals surface area contributed by atoms with E-state index in [9.17, 15) is 22.2 Å². The Morgan fingerprint density at radius 3 is 1.73 bits per heavy atom. The first kappa shape index (κ1) is 16.0. The Balaban J connectivity index is 2.40. The number of hydrogen-bond donors (Lipinski definition) is 2. The van der Waals surface area contributed by atoms with Gasteiger partial charge in [0.15, 0.2) is 0 Å². The van der Waals surface area contributed by atoms with Gasteiger partial charge in [0.1, 0.15) is 9.73 Å². The van der Waals surface area contributed by atoms with E-state index in [4.69, 9.17) is 9.89 Å². The zero-order valence-corrected chi connectivity index (χ0v) is 11.7. The van der Waals surface area contributed by atoms with E-state index < -0.39 is 27.4 Å². The summed E-state index contributed by atoms with van der Waals surface area (Å²) < 4.78 is 57.8. The van der Waals surface area contributed by atoms with Crippen LogP contribution in [0.3, 0.4) is 0 Å². The molecule has 2 aromatic carbocycles. The molecule has 2 rings (SSSR count). The smallest absolute Gasteiger partial charge is 0.416 e. The van der Waals surface area contributed by atoms with Crippen molar-refractivity contribution in [2.75, 3.05) is 0 Å². The summed E-state index contributed by atoms with van der Waals surface area (Å²) in [4.78, 5) is 10.7. The maximum absolute atomic E-state index is 12.5. The van der Waals surface area contributed by atoms with Crippen LogP contribution in [0.1, 0.15) is 15.9 Å². The van der Waals surface area contributed by atoms with Gasteiger partial charge in [0, 0.05) is 0 Å². The van der Waals surface area contributed by atoms with Gasteiger partial charge in [-0.1, -0.05) is 0 Å². The first-order valence-corrected chi connectivity index (χ1v) is 7.47. The second-order valence-corrected chi connectivity index (χ2v) is 6.46. The topological polar surface area (TPSA) is 78.2 Å². The van der Waals surface area contributed by atoms with Crippen molar-refractivity contribution in [3.05, 3.63) is 59.7 Å². The lowest BCUT2D eigenvalue weighted by molar-refractivity contribution is -0.137. The number of carboxylic acid groups (broad SMARTS) is 1. The van der Waals surface area contributed by atoms with E-state index in [1.54, 1.807) is 0 Å². The number of hydrogen-bond acceptors (Lipinski definition) is 3. The maximum atomic E-state index is 12.5. The van der Waals surface area contributed by atoms with E-state index >= 15 is 0 Å². The van der Waals surface area contributed by atoms with Crippen LogP contribution in [0, 0.1) is 4.78 Å². The predicted octanol–water partition coefficient (Wildman–Crippen LogP) is 3.87. The summed E-state index contributed by atoms with van der Waals surface area (Å²) in [5, 5.41) is 8.78. The molecule has 2 N–H and O–H groups in total. The number of rotatable bonds is 3. The number of carbonyl (C=O) groups is 1. The van der Waals surface area contributed by atoms with Gasteiger partial charge in [-0.15, -0.1) is 0 Å². The molecule has 0 aliphatic heterocycles. The highest BCUT2D eigenvalue weighted by Gasteiger charge is 2.30. The van der Waals surface area contributed by atoms with Crippen molar-refractivity contribution >= 4 is 15.7 Å². The number of carboxylic acids is 1. The van der Waals surface area contributed by atoms with Gasteiger partial charge in [-0.25, -0.2) is 13.8 Å². The summed E-state index contributed by atoms with van der Waals surface area (Å²) in [6.45, 7) is 0. The molecule has 0 amide bonds. The highest BCUT2D eigenvalue weighted by molar-refractivity contribution is 7.92. The van der Waals surface area contributed by atoms with Gasteiger partial charge < -0.3 is 5.11 Å². The molecule has 0 aliphatic carbocycles. The molecule has 4 nitrogen and oxygen atoms in total. The summed E-state index contributed by atoms with van der Waals surface area (Å²) in [5.41, 5.74) is -0.931. The molecule has 22 heavy (non-hydrogen) atoms. The van der Waals surface area contributed by atoms with Crippen LogP contribution in [0.15, 0.2) is 58.3 Å². The van der Waals surface area contributed by atoms with Crippen molar-refractivity contribution in [2.45, 2.75) is 16.0 Å². The summed E-state index contributed by atoms with van der Waals surface area (Å²) in [5.74, 6) is -1.17. The summed E-state index contributed by atoms with van der Waals surface area (Å²) in [7, 11) is -3.50. The molecular formula is C14H10F3NO3S. The molecule has 0 saturated heterocycles. The number of alkyl halides is 3. The molecule has 2 aromatic rings. The summed E-state index contributed by atoms with van der Waals surface area (Å²) >= 11 is 0. The average molecular weight is 329 g/mol. The predicted molar refractivity (Wildman–Crippen MR) is 72.2 cm³/mol. The van der Waals surface area contributed by atoms with E-state index in [-0.39, 0.29) is 15.4 Å². The van der Waals surface area contributed by atoms with Crippen LogP contribution in [0.5, 0.6) is 0 Å². The Kier molecular flexibility index (Phi) is 3.97. The molecule has 0 fully saturated rings. The summed E-state index contributed by atoms with van der Waals surface area (Å²) in [6, 6.07) is 8.32. The molecular weight excluding hydrogens is 319 g/mol. The molecule has 1 unspecified atom stereocenters. The lowest BCUT2D eigenvalue weighted by atomic mass is 10.2. The quantitative estimate of drug-likeness (QED) is 0.897. The van der Waals surface area contributed by atoms with Crippen molar-refractivity contribution in [1.29, 1.82) is 4.78 Å². The molecule has 8 heteroatoms. The monoisotopic (exact) mass is 329 g/mol. The molecule has 0 aliphatic rings. The third-order valence-electron chi connectivity index (χ3n) is 2.95. The van der Waals surface area contributed by atoms with Gasteiger partial charge in [-0.2, -0.15) is 13.2 Å². The maximum Gasteiger partial charge on any atom is 0.416 e. The van der Waals surface area contributed by atoms with Gasteiger partial charge in [0.25, 0.3) is 0 Å². The fourth-order valence-corrected chi connectivity index (χ4v) is 3.07. The van der Waals surface area contributed by atoms with Crippen LogP contribution in [0.4, 0.5) is 13.2 Å². The molecule has 1 atom stereocenters. The minimum atomic E-state index is -4.51. The van der Waals surface area contributed by atoms with Crippen LogP contribution in [-0.4, -0.2) is 15.3 Å². The van der Waals surface area contributed by atoms with Crippen LogP contribution in [-0.2, 0) is 15.9 Å².